The molecule has 0 saturated heterocycles. The minimum absolute atomic E-state index is 0.118. The van der Waals surface area contributed by atoms with E-state index in [4.69, 9.17) is 10.5 Å². The van der Waals surface area contributed by atoms with Gasteiger partial charge in [-0.15, -0.1) is 0 Å². The zero-order chi connectivity index (χ0) is 16.1. The third-order valence-corrected chi connectivity index (χ3v) is 4.75. The van der Waals surface area contributed by atoms with Crippen molar-refractivity contribution in [2.45, 2.75) is 25.3 Å². The van der Waals surface area contributed by atoms with E-state index in [-0.39, 0.29) is 17.7 Å². The van der Waals surface area contributed by atoms with Gasteiger partial charge in [0, 0.05) is 10.4 Å². The Morgan fingerprint density at radius 2 is 2.05 bits per heavy atom. The molecule has 0 spiro atoms. The van der Waals surface area contributed by atoms with Crippen molar-refractivity contribution in [3.05, 3.63) is 34.3 Å². The van der Waals surface area contributed by atoms with Crippen LogP contribution in [0, 0.1) is 11.8 Å². The van der Waals surface area contributed by atoms with E-state index in [0.717, 1.165) is 23.7 Å². The van der Waals surface area contributed by atoms with Crippen LogP contribution >= 0.6 is 15.9 Å². The van der Waals surface area contributed by atoms with E-state index in [1.165, 1.54) is 7.11 Å². The Bertz CT molecular complexity index is 533. The van der Waals surface area contributed by atoms with Crippen molar-refractivity contribution in [1.82, 2.24) is 5.32 Å². The Kier molecular flexibility index (Phi) is 5.97. The molecule has 120 valence electrons. The summed E-state index contributed by atoms with van der Waals surface area (Å²) in [5.41, 5.74) is 6.43. The second-order valence-electron chi connectivity index (χ2n) is 5.55. The predicted molar refractivity (Wildman–Crippen MR) is 86.9 cm³/mol. The summed E-state index contributed by atoms with van der Waals surface area (Å²) in [5.74, 6) is -0.514. The number of amides is 1. The standard InChI is InChI=1S/C16H21BrN2O3/c1-22-16(21)14(10-5-7-12(17)8-6-10)19-15(20)13-4-2-3-11(13)9-18/h5-8,11,13-14H,2-4,9,18H2,1H3,(H,19,20)/t11-,13-,14?/m1/s1. The lowest BCUT2D eigenvalue weighted by Gasteiger charge is -2.22. The van der Waals surface area contributed by atoms with E-state index in [1.54, 1.807) is 12.1 Å². The molecule has 3 N–H and O–H groups in total. The van der Waals surface area contributed by atoms with Gasteiger partial charge in [-0.25, -0.2) is 4.79 Å². The highest BCUT2D eigenvalue weighted by Gasteiger charge is 2.34. The molecule has 6 heteroatoms. The number of carbonyl (C=O) groups excluding carboxylic acids is 2. The number of nitrogens with one attached hydrogen (secondary N) is 1. The molecule has 0 heterocycles. The highest BCUT2D eigenvalue weighted by Crippen LogP contribution is 2.31. The monoisotopic (exact) mass is 368 g/mol. The van der Waals surface area contributed by atoms with Gasteiger partial charge in [-0.1, -0.05) is 34.5 Å². The second kappa shape index (κ2) is 7.74. The molecule has 1 aliphatic rings. The van der Waals surface area contributed by atoms with Crippen LogP contribution in [0.25, 0.3) is 0 Å². The molecule has 0 bridgehead atoms. The van der Waals surface area contributed by atoms with Crippen molar-refractivity contribution >= 4 is 27.8 Å². The number of esters is 1. The summed E-state index contributed by atoms with van der Waals surface area (Å²) in [7, 11) is 1.32. The van der Waals surface area contributed by atoms with Crippen LogP contribution < -0.4 is 11.1 Å². The molecule has 1 saturated carbocycles. The fraction of sp³-hybridized carbons (Fsp3) is 0.500. The van der Waals surface area contributed by atoms with E-state index in [9.17, 15) is 9.59 Å². The van der Waals surface area contributed by atoms with Crippen molar-refractivity contribution in [3.8, 4) is 0 Å². The molecule has 0 aliphatic heterocycles. The quantitative estimate of drug-likeness (QED) is 0.780. The largest absolute Gasteiger partial charge is 0.467 e. The van der Waals surface area contributed by atoms with Gasteiger partial charge in [0.2, 0.25) is 5.91 Å². The zero-order valence-corrected chi connectivity index (χ0v) is 14.1. The fourth-order valence-corrected chi connectivity index (χ4v) is 3.23. The Balaban J connectivity index is 2.14. The van der Waals surface area contributed by atoms with Gasteiger partial charge >= 0.3 is 5.97 Å². The molecule has 1 amide bonds. The molecule has 1 aromatic carbocycles. The van der Waals surface area contributed by atoms with Gasteiger partial charge in [0.05, 0.1) is 7.11 Å². The van der Waals surface area contributed by atoms with Gasteiger partial charge < -0.3 is 15.8 Å². The number of methoxy groups -OCH3 is 1. The minimum Gasteiger partial charge on any atom is -0.467 e. The first-order valence-corrected chi connectivity index (χ1v) is 8.19. The van der Waals surface area contributed by atoms with Gasteiger partial charge in [-0.05, 0) is 43.0 Å². The summed E-state index contributed by atoms with van der Waals surface area (Å²) in [5, 5.41) is 2.83. The van der Waals surface area contributed by atoms with Crippen molar-refractivity contribution < 1.29 is 14.3 Å². The first-order valence-electron chi connectivity index (χ1n) is 7.40. The van der Waals surface area contributed by atoms with Gasteiger partial charge in [-0.3, -0.25) is 4.79 Å². The van der Waals surface area contributed by atoms with Crippen molar-refractivity contribution in [2.24, 2.45) is 17.6 Å². The second-order valence-corrected chi connectivity index (χ2v) is 6.47. The summed E-state index contributed by atoms with van der Waals surface area (Å²) in [4.78, 5) is 24.5. The molecule has 3 atom stereocenters. The van der Waals surface area contributed by atoms with Crippen LogP contribution in [0.3, 0.4) is 0 Å². The Morgan fingerprint density at radius 1 is 1.36 bits per heavy atom. The van der Waals surface area contributed by atoms with Gasteiger partial charge in [0.15, 0.2) is 6.04 Å². The van der Waals surface area contributed by atoms with Crippen LogP contribution in [0.5, 0.6) is 0 Å². The summed E-state index contributed by atoms with van der Waals surface area (Å²) < 4.78 is 5.73. The number of ether oxygens (including phenoxy) is 1. The number of nitrogens with two attached hydrogens (primary N) is 1. The first-order chi connectivity index (χ1) is 10.6. The number of hydrogen-bond donors (Lipinski definition) is 2. The highest BCUT2D eigenvalue weighted by atomic mass is 79.9. The van der Waals surface area contributed by atoms with Gasteiger partial charge in [0.25, 0.3) is 0 Å². The average Bonchev–Trinajstić information content (AvgIpc) is 3.01. The first kappa shape index (κ1) is 17.0. The van der Waals surface area contributed by atoms with Gasteiger partial charge in [0.1, 0.15) is 0 Å². The lowest BCUT2D eigenvalue weighted by molar-refractivity contribution is -0.146. The zero-order valence-electron chi connectivity index (χ0n) is 12.5. The van der Waals surface area contributed by atoms with E-state index < -0.39 is 12.0 Å². The number of halogens is 1. The average molecular weight is 369 g/mol. The summed E-state index contributed by atoms with van der Waals surface area (Å²) in [6.07, 6.45) is 2.79. The van der Waals surface area contributed by atoms with Crippen molar-refractivity contribution in [2.75, 3.05) is 13.7 Å². The van der Waals surface area contributed by atoms with Crippen LogP contribution in [-0.4, -0.2) is 25.5 Å². The number of carbonyl (C=O) groups is 2. The predicted octanol–water partition coefficient (Wildman–Crippen LogP) is 2.15. The highest BCUT2D eigenvalue weighted by molar-refractivity contribution is 9.10. The number of benzene rings is 1. The minimum atomic E-state index is -0.787. The van der Waals surface area contributed by atoms with Crippen molar-refractivity contribution in [1.29, 1.82) is 0 Å². The SMILES string of the molecule is COC(=O)C(NC(=O)[C@@H]1CCC[C@@H]1CN)c1ccc(Br)cc1. The molecule has 2 rings (SSSR count). The van der Waals surface area contributed by atoms with E-state index >= 15 is 0 Å². The molecular weight excluding hydrogens is 348 g/mol. The van der Waals surface area contributed by atoms with Crippen LogP contribution in [0.1, 0.15) is 30.9 Å². The van der Waals surface area contributed by atoms with E-state index in [1.807, 2.05) is 12.1 Å². The fourth-order valence-electron chi connectivity index (χ4n) is 2.96. The molecule has 5 nitrogen and oxygen atoms in total. The molecule has 22 heavy (non-hydrogen) atoms. The third kappa shape index (κ3) is 3.87. The van der Waals surface area contributed by atoms with Crippen LogP contribution in [0.4, 0.5) is 0 Å². The van der Waals surface area contributed by atoms with Crippen LogP contribution in [0.2, 0.25) is 0 Å². The van der Waals surface area contributed by atoms with Crippen LogP contribution in [-0.2, 0) is 14.3 Å². The maximum Gasteiger partial charge on any atom is 0.333 e. The van der Waals surface area contributed by atoms with E-state index in [2.05, 4.69) is 21.2 Å². The van der Waals surface area contributed by atoms with Crippen LogP contribution in [0.15, 0.2) is 28.7 Å². The van der Waals surface area contributed by atoms with Crippen molar-refractivity contribution in [3.63, 3.8) is 0 Å². The smallest absolute Gasteiger partial charge is 0.333 e. The lowest BCUT2D eigenvalue weighted by atomic mass is 9.94. The lowest BCUT2D eigenvalue weighted by Crippen LogP contribution is -2.40. The Labute approximate surface area is 138 Å². The third-order valence-electron chi connectivity index (χ3n) is 4.23. The molecule has 1 aromatic rings. The molecule has 1 unspecified atom stereocenters. The summed E-state index contributed by atoms with van der Waals surface area (Å²) in [6, 6.07) is 6.46. The topological polar surface area (TPSA) is 81.4 Å². The summed E-state index contributed by atoms with van der Waals surface area (Å²) >= 11 is 3.35. The summed E-state index contributed by atoms with van der Waals surface area (Å²) in [6.45, 7) is 0.499. The number of hydrogen-bond acceptors (Lipinski definition) is 4. The molecule has 0 aromatic heterocycles. The normalized spacial score (nSPS) is 22.1. The van der Waals surface area contributed by atoms with Gasteiger partial charge in [-0.2, -0.15) is 0 Å². The molecule has 0 radical (unpaired) electrons. The number of rotatable bonds is 5. The maximum absolute atomic E-state index is 12.5. The van der Waals surface area contributed by atoms with E-state index in [0.29, 0.717) is 12.1 Å². The molecule has 1 fully saturated rings. The maximum atomic E-state index is 12.5. The molecule has 1 aliphatic carbocycles. The molecular formula is C16H21BrN2O3. The Morgan fingerprint density at radius 3 is 2.64 bits per heavy atom. The Hall–Kier alpha value is -1.40.